The van der Waals surface area contributed by atoms with Crippen molar-refractivity contribution < 1.29 is 9.18 Å². The molecule has 0 aliphatic rings. The fraction of sp³-hybridized carbons (Fsp3) is 0.294. The van der Waals surface area contributed by atoms with E-state index in [2.05, 4.69) is 20.5 Å². The van der Waals surface area contributed by atoms with Gasteiger partial charge < -0.3 is 9.88 Å². The highest BCUT2D eigenvalue weighted by atomic mass is 32.2. The van der Waals surface area contributed by atoms with Gasteiger partial charge in [0.2, 0.25) is 5.91 Å². The minimum Gasteiger partial charge on any atom is -0.302 e. The van der Waals surface area contributed by atoms with Gasteiger partial charge in [-0.15, -0.1) is 21.5 Å². The topological polar surface area (TPSA) is 72.7 Å². The van der Waals surface area contributed by atoms with Crippen molar-refractivity contribution in [3.8, 4) is 11.4 Å². The molecule has 1 aromatic carbocycles. The summed E-state index contributed by atoms with van der Waals surface area (Å²) in [5.41, 5.74) is 1.66. The lowest BCUT2D eigenvalue weighted by Gasteiger charge is -2.11. The molecule has 0 spiro atoms. The molecule has 0 saturated carbocycles. The highest BCUT2D eigenvalue weighted by Gasteiger charge is 2.21. The van der Waals surface area contributed by atoms with Crippen molar-refractivity contribution >= 4 is 34.1 Å². The minimum atomic E-state index is -0.366. The molecule has 3 aromatic rings. The maximum Gasteiger partial charge on any atom is 0.239 e. The van der Waals surface area contributed by atoms with Gasteiger partial charge in [0.05, 0.1) is 10.9 Å². The van der Waals surface area contributed by atoms with Crippen molar-refractivity contribution in [2.24, 2.45) is 0 Å². The van der Waals surface area contributed by atoms with Gasteiger partial charge in [0.15, 0.2) is 16.1 Å². The van der Waals surface area contributed by atoms with E-state index in [0.29, 0.717) is 22.7 Å². The number of nitrogens with one attached hydrogen (secondary N) is 1. The van der Waals surface area contributed by atoms with Crippen molar-refractivity contribution in [1.29, 1.82) is 0 Å². The number of nitrogens with zero attached hydrogens (tertiary/aromatic N) is 4. The molecule has 1 atom stereocenters. The SMILES string of the molecule is CCn1c(SC(C)C(=O)Nc2nc(C)cs2)nnc1-c1ccc(F)cc1. The lowest BCUT2D eigenvalue weighted by atomic mass is 10.2. The van der Waals surface area contributed by atoms with Crippen LogP contribution < -0.4 is 5.32 Å². The number of thiazole rings is 1. The first-order valence-electron chi connectivity index (χ1n) is 8.06. The molecule has 2 heterocycles. The number of amides is 1. The Morgan fingerprint density at radius 2 is 2.08 bits per heavy atom. The summed E-state index contributed by atoms with van der Waals surface area (Å²) in [6, 6.07) is 6.12. The van der Waals surface area contributed by atoms with E-state index >= 15 is 0 Å². The van der Waals surface area contributed by atoms with E-state index in [-0.39, 0.29) is 17.0 Å². The van der Waals surface area contributed by atoms with Crippen LogP contribution in [0.5, 0.6) is 0 Å². The third-order valence-electron chi connectivity index (χ3n) is 3.64. The Morgan fingerprint density at radius 3 is 2.69 bits per heavy atom. The number of carbonyl (C=O) groups is 1. The van der Waals surface area contributed by atoms with Gasteiger partial charge in [0.1, 0.15) is 5.82 Å². The van der Waals surface area contributed by atoms with E-state index in [1.54, 1.807) is 12.1 Å². The normalized spacial score (nSPS) is 12.2. The summed E-state index contributed by atoms with van der Waals surface area (Å²) in [6.45, 7) is 6.31. The third-order valence-corrected chi connectivity index (χ3v) is 5.59. The molecule has 136 valence electrons. The molecular weight excluding hydrogens is 373 g/mol. The largest absolute Gasteiger partial charge is 0.302 e. The Bertz CT molecular complexity index is 906. The predicted molar refractivity (Wildman–Crippen MR) is 102 cm³/mol. The van der Waals surface area contributed by atoms with E-state index in [0.717, 1.165) is 11.3 Å². The number of halogens is 1. The lowest BCUT2D eigenvalue weighted by molar-refractivity contribution is -0.115. The summed E-state index contributed by atoms with van der Waals surface area (Å²) in [6.07, 6.45) is 0. The highest BCUT2D eigenvalue weighted by molar-refractivity contribution is 8.00. The molecule has 1 amide bonds. The van der Waals surface area contributed by atoms with Crippen LogP contribution in [0.15, 0.2) is 34.8 Å². The van der Waals surface area contributed by atoms with Crippen LogP contribution in [-0.2, 0) is 11.3 Å². The number of benzene rings is 1. The van der Waals surface area contributed by atoms with Crippen LogP contribution in [0.1, 0.15) is 19.5 Å². The molecule has 0 aliphatic heterocycles. The monoisotopic (exact) mass is 391 g/mol. The summed E-state index contributed by atoms with van der Waals surface area (Å²) in [5.74, 6) is 0.213. The second kappa shape index (κ2) is 7.96. The number of hydrogen-bond donors (Lipinski definition) is 1. The standard InChI is InChI=1S/C17H18FN5OS2/c1-4-23-14(12-5-7-13(18)8-6-12)21-22-17(23)26-11(3)15(24)20-16-19-10(2)9-25-16/h5-9,11H,4H2,1-3H3,(H,19,20,24). The first kappa shape index (κ1) is 18.5. The van der Waals surface area contributed by atoms with Crippen LogP contribution in [0.3, 0.4) is 0 Å². The molecule has 26 heavy (non-hydrogen) atoms. The van der Waals surface area contributed by atoms with Crippen molar-refractivity contribution in [3.63, 3.8) is 0 Å². The Morgan fingerprint density at radius 1 is 1.35 bits per heavy atom. The van der Waals surface area contributed by atoms with E-state index in [1.807, 2.05) is 30.7 Å². The zero-order valence-electron chi connectivity index (χ0n) is 14.6. The molecule has 0 bridgehead atoms. The van der Waals surface area contributed by atoms with Gasteiger partial charge in [-0.05, 0) is 45.0 Å². The molecule has 0 fully saturated rings. The summed E-state index contributed by atoms with van der Waals surface area (Å²) < 4.78 is 15.0. The van der Waals surface area contributed by atoms with Crippen molar-refractivity contribution in [2.75, 3.05) is 5.32 Å². The van der Waals surface area contributed by atoms with Crippen molar-refractivity contribution in [2.45, 2.75) is 37.7 Å². The molecule has 9 heteroatoms. The van der Waals surface area contributed by atoms with E-state index < -0.39 is 0 Å². The second-order valence-electron chi connectivity index (χ2n) is 5.60. The number of carbonyl (C=O) groups excluding carboxylic acids is 1. The smallest absolute Gasteiger partial charge is 0.239 e. The summed E-state index contributed by atoms with van der Waals surface area (Å²) >= 11 is 2.72. The van der Waals surface area contributed by atoms with Gasteiger partial charge in [0, 0.05) is 17.5 Å². The average molecular weight is 391 g/mol. The minimum absolute atomic E-state index is 0.140. The number of thioether (sulfide) groups is 1. The summed E-state index contributed by atoms with van der Waals surface area (Å²) in [5, 5.41) is 14.0. The van der Waals surface area contributed by atoms with E-state index in [9.17, 15) is 9.18 Å². The first-order valence-corrected chi connectivity index (χ1v) is 9.82. The molecule has 0 radical (unpaired) electrons. The molecular formula is C17H18FN5OS2. The van der Waals surface area contributed by atoms with Crippen molar-refractivity contribution in [1.82, 2.24) is 19.7 Å². The Hall–Kier alpha value is -2.26. The maximum absolute atomic E-state index is 13.1. The average Bonchev–Trinajstić information content (AvgIpc) is 3.21. The lowest BCUT2D eigenvalue weighted by Crippen LogP contribution is -2.22. The van der Waals surface area contributed by atoms with Crippen molar-refractivity contribution in [3.05, 3.63) is 41.2 Å². The Kier molecular flexibility index (Phi) is 5.67. The number of aromatic nitrogens is 4. The van der Waals surface area contributed by atoms with Gasteiger partial charge in [-0.25, -0.2) is 9.37 Å². The van der Waals surface area contributed by atoms with Gasteiger partial charge >= 0.3 is 0 Å². The molecule has 1 N–H and O–H groups in total. The molecule has 6 nitrogen and oxygen atoms in total. The Labute approximate surface area is 158 Å². The number of aryl methyl sites for hydroxylation is 1. The first-order chi connectivity index (χ1) is 12.5. The quantitative estimate of drug-likeness (QED) is 0.643. The van der Waals surface area contributed by atoms with Gasteiger partial charge in [-0.1, -0.05) is 11.8 Å². The van der Waals surface area contributed by atoms with E-state index in [1.165, 1.54) is 35.2 Å². The van der Waals surface area contributed by atoms with Crippen LogP contribution in [-0.4, -0.2) is 30.9 Å². The predicted octanol–water partition coefficient (Wildman–Crippen LogP) is 3.99. The zero-order chi connectivity index (χ0) is 18.7. The van der Waals surface area contributed by atoms with Crippen LogP contribution in [0.2, 0.25) is 0 Å². The number of hydrogen-bond acceptors (Lipinski definition) is 6. The fourth-order valence-corrected chi connectivity index (χ4v) is 3.91. The number of anilines is 1. The molecule has 2 aromatic heterocycles. The zero-order valence-corrected chi connectivity index (χ0v) is 16.2. The second-order valence-corrected chi connectivity index (χ2v) is 7.77. The number of rotatable bonds is 6. The van der Waals surface area contributed by atoms with Crippen LogP contribution >= 0.6 is 23.1 Å². The third kappa shape index (κ3) is 4.10. The maximum atomic E-state index is 13.1. The summed E-state index contributed by atoms with van der Waals surface area (Å²) in [4.78, 5) is 16.6. The Balaban J connectivity index is 1.75. The van der Waals surface area contributed by atoms with Crippen LogP contribution in [0, 0.1) is 12.7 Å². The molecule has 1 unspecified atom stereocenters. The van der Waals surface area contributed by atoms with Gasteiger partial charge in [0.25, 0.3) is 0 Å². The van der Waals surface area contributed by atoms with Crippen LogP contribution in [0.4, 0.5) is 9.52 Å². The fourth-order valence-electron chi connectivity index (χ4n) is 2.30. The highest BCUT2D eigenvalue weighted by Crippen LogP contribution is 2.27. The van der Waals surface area contributed by atoms with Crippen LogP contribution in [0.25, 0.3) is 11.4 Å². The molecule has 3 rings (SSSR count). The van der Waals surface area contributed by atoms with Gasteiger partial charge in [-0.2, -0.15) is 0 Å². The van der Waals surface area contributed by atoms with Gasteiger partial charge in [-0.3, -0.25) is 4.79 Å². The summed E-state index contributed by atoms with van der Waals surface area (Å²) in [7, 11) is 0. The molecule has 0 aliphatic carbocycles. The molecule has 0 saturated heterocycles. The van der Waals surface area contributed by atoms with E-state index in [4.69, 9.17) is 0 Å².